The van der Waals surface area contributed by atoms with Gasteiger partial charge in [-0.3, -0.25) is 0 Å². The molecule has 1 aliphatic heterocycles. The number of hydrogen-bond acceptors (Lipinski definition) is 2. The molecule has 1 fully saturated rings. The number of likely N-dealkylation sites (N-methyl/N-ethyl adjacent to an activating group) is 1. The molecule has 0 saturated carbocycles. The monoisotopic (exact) mass is 250 g/mol. The summed E-state index contributed by atoms with van der Waals surface area (Å²) in [5.41, 5.74) is 1.16. The van der Waals surface area contributed by atoms with Crippen LogP contribution in [0.5, 0.6) is 0 Å². The molecule has 0 aromatic heterocycles. The fourth-order valence-electron chi connectivity index (χ4n) is 2.74. The normalized spacial score (nSPS) is 21.1. The number of halogens is 1. The van der Waals surface area contributed by atoms with Gasteiger partial charge in [-0.05, 0) is 31.5 Å². The van der Waals surface area contributed by atoms with Gasteiger partial charge in [-0.1, -0.05) is 32.0 Å². The van der Waals surface area contributed by atoms with E-state index >= 15 is 0 Å². The molecule has 1 atom stereocenters. The Hall–Kier alpha value is -0.930. The number of likely N-dealkylation sites (tertiary alicyclic amines) is 1. The van der Waals surface area contributed by atoms with Gasteiger partial charge >= 0.3 is 0 Å². The molecule has 0 spiro atoms. The molecule has 0 radical (unpaired) electrons. The Morgan fingerprint density at radius 2 is 2.11 bits per heavy atom. The standard InChI is InChI=1S/C15H23FN2/c1-15(2)8-9-18(11-15)10-14(17-3)12-6-4-5-7-13(12)16/h4-7,14,17H,8-11H2,1-3H3. The minimum atomic E-state index is -0.115. The quantitative estimate of drug-likeness (QED) is 0.884. The number of benzene rings is 1. The molecule has 1 aromatic rings. The molecule has 1 aromatic carbocycles. The first-order valence-corrected chi connectivity index (χ1v) is 6.66. The van der Waals surface area contributed by atoms with E-state index in [1.54, 1.807) is 6.07 Å². The Bertz CT molecular complexity index is 403. The Morgan fingerprint density at radius 1 is 1.39 bits per heavy atom. The third kappa shape index (κ3) is 3.09. The maximum absolute atomic E-state index is 13.8. The Kier molecular flexibility index (Phi) is 4.03. The molecular formula is C15H23FN2. The molecule has 1 saturated heterocycles. The van der Waals surface area contributed by atoms with Crippen molar-refractivity contribution in [2.45, 2.75) is 26.3 Å². The van der Waals surface area contributed by atoms with Crippen molar-refractivity contribution >= 4 is 0 Å². The summed E-state index contributed by atoms with van der Waals surface area (Å²) in [6, 6.07) is 7.12. The highest BCUT2D eigenvalue weighted by Crippen LogP contribution is 2.30. The van der Waals surface area contributed by atoms with Crippen LogP contribution in [0.25, 0.3) is 0 Å². The summed E-state index contributed by atoms with van der Waals surface area (Å²) < 4.78 is 13.8. The van der Waals surface area contributed by atoms with Crippen LogP contribution in [0.4, 0.5) is 4.39 Å². The van der Waals surface area contributed by atoms with E-state index in [4.69, 9.17) is 0 Å². The van der Waals surface area contributed by atoms with Gasteiger partial charge in [0.1, 0.15) is 5.82 Å². The summed E-state index contributed by atoms with van der Waals surface area (Å²) in [6.45, 7) is 7.68. The molecule has 2 rings (SSSR count). The zero-order valence-electron chi connectivity index (χ0n) is 11.5. The lowest BCUT2D eigenvalue weighted by atomic mass is 9.93. The summed E-state index contributed by atoms with van der Waals surface area (Å²) in [5.74, 6) is -0.115. The average Bonchev–Trinajstić information content (AvgIpc) is 2.67. The highest BCUT2D eigenvalue weighted by molar-refractivity contribution is 5.21. The molecule has 1 unspecified atom stereocenters. The summed E-state index contributed by atoms with van der Waals surface area (Å²) in [6.07, 6.45) is 1.22. The first kappa shape index (κ1) is 13.5. The molecule has 2 nitrogen and oxygen atoms in total. The van der Waals surface area contributed by atoms with Crippen molar-refractivity contribution in [2.24, 2.45) is 5.41 Å². The molecule has 1 N–H and O–H groups in total. The number of hydrogen-bond donors (Lipinski definition) is 1. The van der Waals surface area contributed by atoms with Crippen LogP contribution in [0, 0.1) is 11.2 Å². The second kappa shape index (κ2) is 5.37. The molecule has 0 bridgehead atoms. The molecule has 18 heavy (non-hydrogen) atoms. The minimum Gasteiger partial charge on any atom is -0.312 e. The van der Waals surface area contributed by atoms with Gasteiger partial charge in [-0.15, -0.1) is 0 Å². The van der Waals surface area contributed by atoms with E-state index in [0.717, 1.165) is 25.2 Å². The summed E-state index contributed by atoms with van der Waals surface area (Å²) in [4.78, 5) is 2.42. The lowest BCUT2D eigenvalue weighted by Crippen LogP contribution is -2.33. The topological polar surface area (TPSA) is 15.3 Å². The van der Waals surface area contributed by atoms with E-state index in [9.17, 15) is 4.39 Å². The van der Waals surface area contributed by atoms with Gasteiger partial charge in [0.25, 0.3) is 0 Å². The van der Waals surface area contributed by atoms with Crippen molar-refractivity contribution in [3.05, 3.63) is 35.6 Å². The van der Waals surface area contributed by atoms with Crippen molar-refractivity contribution in [2.75, 3.05) is 26.7 Å². The highest BCUT2D eigenvalue weighted by atomic mass is 19.1. The van der Waals surface area contributed by atoms with Crippen molar-refractivity contribution in [1.82, 2.24) is 10.2 Å². The van der Waals surface area contributed by atoms with Crippen LogP contribution in [0.1, 0.15) is 31.9 Å². The van der Waals surface area contributed by atoms with Gasteiger partial charge in [0.15, 0.2) is 0 Å². The second-order valence-electron chi connectivity index (χ2n) is 6.01. The van der Waals surface area contributed by atoms with Crippen molar-refractivity contribution in [3.8, 4) is 0 Å². The lowest BCUT2D eigenvalue weighted by Gasteiger charge is -2.25. The summed E-state index contributed by atoms with van der Waals surface area (Å²) in [5, 5.41) is 3.23. The van der Waals surface area contributed by atoms with E-state index in [-0.39, 0.29) is 11.9 Å². The van der Waals surface area contributed by atoms with Crippen molar-refractivity contribution in [1.29, 1.82) is 0 Å². The van der Waals surface area contributed by atoms with E-state index < -0.39 is 0 Å². The van der Waals surface area contributed by atoms with E-state index in [2.05, 4.69) is 24.1 Å². The number of nitrogens with one attached hydrogen (secondary N) is 1. The maximum atomic E-state index is 13.8. The predicted octanol–water partition coefficient (Wildman–Crippen LogP) is 2.82. The van der Waals surface area contributed by atoms with Crippen LogP contribution in [0.15, 0.2) is 24.3 Å². The zero-order chi connectivity index (χ0) is 13.2. The van der Waals surface area contributed by atoms with Gasteiger partial charge in [0.2, 0.25) is 0 Å². The fourth-order valence-corrected chi connectivity index (χ4v) is 2.74. The van der Waals surface area contributed by atoms with Crippen LogP contribution < -0.4 is 5.32 Å². The predicted molar refractivity (Wildman–Crippen MR) is 73.0 cm³/mol. The van der Waals surface area contributed by atoms with E-state index in [1.165, 1.54) is 12.5 Å². The molecule has 100 valence electrons. The first-order chi connectivity index (χ1) is 8.52. The number of rotatable bonds is 4. The smallest absolute Gasteiger partial charge is 0.128 e. The van der Waals surface area contributed by atoms with Crippen LogP contribution >= 0.6 is 0 Å². The van der Waals surface area contributed by atoms with Gasteiger partial charge in [0.05, 0.1) is 0 Å². The molecule has 3 heteroatoms. The SMILES string of the molecule is CNC(CN1CCC(C)(C)C1)c1ccccc1F. The minimum absolute atomic E-state index is 0.0695. The third-order valence-electron chi connectivity index (χ3n) is 3.83. The van der Waals surface area contributed by atoms with Gasteiger partial charge < -0.3 is 10.2 Å². The lowest BCUT2D eigenvalue weighted by molar-refractivity contribution is 0.263. The van der Waals surface area contributed by atoms with E-state index in [0.29, 0.717) is 5.41 Å². The molecule has 1 aliphatic rings. The molecule has 1 heterocycles. The van der Waals surface area contributed by atoms with Crippen molar-refractivity contribution in [3.63, 3.8) is 0 Å². The Balaban J connectivity index is 2.05. The van der Waals surface area contributed by atoms with E-state index in [1.807, 2.05) is 19.2 Å². The van der Waals surface area contributed by atoms with Crippen LogP contribution in [-0.4, -0.2) is 31.6 Å². The molecular weight excluding hydrogens is 227 g/mol. The van der Waals surface area contributed by atoms with Crippen LogP contribution in [-0.2, 0) is 0 Å². The maximum Gasteiger partial charge on any atom is 0.128 e. The largest absolute Gasteiger partial charge is 0.312 e. The van der Waals surface area contributed by atoms with Crippen LogP contribution in [0.3, 0.4) is 0 Å². The second-order valence-corrected chi connectivity index (χ2v) is 6.01. The average molecular weight is 250 g/mol. The zero-order valence-corrected chi connectivity index (χ0v) is 11.5. The highest BCUT2D eigenvalue weighted by Gasteiger charge is 2.30. The Labute approximate surface area is 109 Å². The first-order valence-electron chi connectivity index (χ1n) is 6.66. The summed E-state index contributed by atoms with van der Waals surface area (Å²) >= 11 is 0. The van der Waals surface area contributed by atoms with Crippen LogP contribution in [0.2, 0.25) is 0 Å². The molecule has 0 amide bonds. The fraction of sp³-hybridized carbons (Fsp3) is 0.600. The molecule has 0 aliphatic carbocycles. The van der Waals surface area contributed by atoms with Crippen molar-refractivity contribution < 1.29 is 4.39 Å². The van der Waals surface area contributed by atoms with Gasteiger partial charge in [-0.25, -0.2) is 4.39 Å². The van der Waals surface area contributed by atoms with Gasteiger partial charge in [-0.2, -0.15) is 0 Å². The summed E-state index contributed by atoms with van der Waals surface area (Å²) in [7, 11) is 1.90. The Morgan fingerprint density at radius 3 is 2.67 bits per heavy atom. The number of nitrogens with zero attached hydrogens (tertiary/aromatic N) is 1. The third-order valence-corrected chi connectivity index (χ3v) is 3.83. The van der Waals surface area contributed by atoms with Gasteiger partial charge in [0, 0.05) is 24.7 Å².